The Morgan fingerprint density at radius 2 is 1.91 bits per heavy atom. The van der Waals surface area contributed by atoms with E-state index in [1.54, 1.807) is 6.07 Å². The van der Waals surface area contributed by atoms with Gasteiger partial charge >= 0.3 is 0 Å². The third-order valence-electron chi connectivity index (χ3n) is 3.56. The molecule has 3 aromatic rings. The summed E-state index contributed by atoms with van der Waals surface area (Å²) < 4.78 is 2.11. The second-order valence-corrected chi connectivity index (χ2v) is 7.24. The van der Waals surface area contributed by atoms with Gasteiger partial charge in [-0.05, 0) is 23.3 Å². The molecule has 0 amide bonds. The van der Waals surface area contributed by atoms with Gasteiger partial charge in [-0.15, -0.1) is 11.8 Å². The summed E-state index contributed by atoms with van der Waals surface area (Å²) in [6, 6.07) is 16.2. The molecule has 1 atom stereocenters. The second-order valence-electron chi connectivity index (χ2n) is 5.21. The lowest BCUT2D eigenvalue weighted by Crippen LogP contribution is -2.05. The third kappa shape index (κ3) is 4.54. The van der Waals surface area contributed by atoms with Crippen molar-refractivity contribution in [1.82, 2.24) is 9.55 Å². The van der Waals surface area contributed by atoms with Crippen LogP contribution in [-0.4, -0.2) is 9.55 Å². The van der Waals surface area contributed by atoms with Gasteiger partial charge in [-0.1, -0.05) is 59.6 Å². The molecule has 0 bridgehead atoms. The van der Waals surface area contributed by atoms with E-state index in [0.29, 0.717) is 10.3 Å². The summed E-state index contributed by atoms with van der Waals surface area (Å²) in [6.07, 6.45) is 5.65. The van der Waals surface area contributed by atoms with E-state index in [-0.39, 0.29) is 0 Å². The Bertz CT molecular complexity index is 745. The largest absolute Gasteiger partial charge is 0.336 e. The zero-order valence-electron chi connectivity index (χ0n) is 12.4. The molecule has 0 aliphatic rings. The van der Waals surface area contributed by atoms with Crippen molar-refractivity contribution in [2.75, 3.05) is 0 Å². The van der Waals surface area contributed by atoms with E-state index in [2.05, 4.69) is 33.8 Å². The highest BCUT2D eigenvalue weighted by molar-refractivity contribution is 7.98. The monoisotopic (exact) mass is 362 g/mol. The summed E-state index contributed by atoms with van der Waals surface area (Å²) in [4.78, 5) is 4.13. The van der Waals surface area contributed by atoms with Crippen LogP contribution in [0.4, 0.5) is 0 Å². The first-order valence-electron chi connectivity index (χ1n) is 7.28. The fourth-order valence-electron chi connectivity index (χ4n) is 2.34. The van der Waals surface area contributed by atoms with Gasteiger partial charge in [0.25, 0.3) is 0 Å². The summed E-state index contributed by atoms with van der Waals surface area (Å²) in [5.74, 6) is 0.838. The average molecular weight is 363 g/mol. The molecule has 23 heavy (non-hydrogen) atoms. The number of nitrogens with zero attached hydrogens (tertiary/aromatic N) is 2. The molecular weight excluding hydrogens is 347 g/mol. The second kappa shape index (κ2) is 7.91. The predicted molar refractivity (Wildman–Crippen MR) is 99.2 cm³/mol. The van der Waals surface area contributed by atoms with E-state index in [4.69, 9.17) is 23.2 Å². The Labute approximate surface area is 150 Å². The zero-order valence-corrected chi connectivity index (χ0v) is 14.7. The van der Waals surface area contributed by atoms with Crippen LogP contribution >= 0.6 is 35.0 Å². The molecule has 2 aromatic carbocycles. The quantitative estimate of drug-likeness (QED) is 0.545. The first-order chi connectivity index (χ1) is 11.2. The maximum absolute atomic E-state index is 6.29. The Balaban J connectivity index is 1.75. The molecule has 1 unspecified atom stereocenters. The number of hydrogen-bond donors (Lipinski definition) is 0. The van der Waals surface area contributed by atoms with Gasteiger partial charge in [0.05, 0.1) is 6.33 Å². The van der Waals surface area contributed by atoms with Crippen molar-refractivity contribution >= 4 is 35.0 Å². The van der Waals surface area contributed by atoms with Gasteiger partial charge in [0.15, 0.2) is 0 Å². The summed E-state index contributed by atoms with van der Waals surface area (Å²) in [7, 11) is 0. The molecule has 0 aliphatic carbocycles. The third-order valence-corrected chi connectivity index (χ3v) is 5.45. The van der Waals surface area contributed by atoms with Crippen LogP contribution < -0.4 is 0 Å². The van der Waals surface area contributed by atoms with Gasteiger partial charge in [0.2, 0.25) is 0 Å². The van der Waals surface area contributed by atoms with Crippen LogP contribution in [0.15, 0.2) is 67.3 Å². The molecule has 0 N–H and O–H groups in total. The molecule has 3 rings (SSSR count). The SMILES string of the molecule is Clc1ccc(CSC(Cn2ccnc2)c2ccccc2)c(Cl)c1. The molecule has 5 heteroatoms. The van der Waals surface area contributed by atoms with Crippen LogP contribution in [0.3, 0.4) is 0 Å². The van der Waals surface area contributed by atoms with Gasteiger partial charge in [-0.2, -0.15) is 0 Å². The van der Waals surface area contributed by atoms with Crippen molar-refractivity contribution < 1.29 is 0 Å². The highest BCUT2D eigenvalue weighted by atomic mass is 35.5. The smallest absolute Gasteiger partial charge is 0.0946 e. The van der Waals surface area contributed by atoms with Crippen molar-refractivity contribution in [3.63, 3.8) is 0 Å². The molecule has 0 spiro atoms. The molecule has 1 heterocycles. The van der Waals surface area contributed by atoms with Crippen LogP contribution in [0.5, 0.6) is 0 Å². The van der Waals surface area contributed by atoms with E-state index in [1.807, 2.05) is 48.7 Å². The van der Waals surface area contributed by atoms with Crippen LogP contribution in [0.2, 0.25) is 10.0 Å². The maximum Gasteiger partial charge on any atom is 0.0946 e. The fourth-order valence-corrected chi connectivity index (χ4v) is 4.15. The van der Waals surface area contributed by atoms with E-state index < -0.39 is 0 Å². The number of halogens is 2. The molecule has 0 radical (unpaired) electrons. The number of imidazole rings is 1. The van der Waals surface area contributed by atoms with Crippen molar-refractivity contribution in [1.29, 1.82) is 0 Å². The molecule has 2 nitrogen and oxygen atoms in total. The average Bonchev–Trinajstić information content (AvgIpc) is 3.07. The summed E-state index contributed by atoms with van der Waals surface area (Å²) >= 11 is 14.1. The van der Waals surface area contributed by atoms with Crippen molar-refractivity contribution in [3.05, 3.63) is 88.4 Å². The van der Waals surface area contributed by atoms with Gasteiger partial charge in [0.1, 0.15) is 0 Å². The number of aromatic nitrogens is 2. The summed E-state index contributed by atoms with van der Waals surface area (Å²) in [5.41, 5.74) is 2.41. The van der Waals surface area contributed by atoms with Crippen LogP contribution in [0.25, 0.3) is 0 Å². The standard InChI is InChI=1S/C18H16Cl2N2S/c19-16-7-6-15(17(20)10-16)12-23-18(11-22-9-8-21-13-22)14-4-2-1-3-5-14/h1-10,13,18H,11-12H2. The van der Waals surface area contributed by atoms with Crippen LogP contribution in [0, 0.1) is 0 Å². The van der Waals surface area contributed by atoms with Gasteiger partial charge in [-0.3, -0.25) is 0 Å². The highest BCUT2D eigenvalue weighted by Gasteiger charge is 2.14. The number of rotatable bonds is 6. The minimum Gasteiger partial charge on any atom is -0.336 e. The topological polar surface area (TPSA) is 17.8 Å². The molecule has 0 aliphatic heterocycles. The Kier molecular flexibility index (Phi) is 5.65. The van der Waals surface area contributed by atoms with E-state index >= 15 is 0 Å². The van der Waals surface area contributed by atoms with Crippen molar-refractivity contribution in [3.8, 4) is 0 Å². The molecule has 0 fully saturated rings. The van der Waals surface area contributed by atoms with Gasteiger partial charge in [-0.25, -0.2) is 4.98 Å². The Morgan fingerprint density at radius 1 is 1.09 bits per heavy atom. The first kappa shape index (κ1) is 16.4. The van der Waals surface area contributed by atoms with Gasteiger partial charge < -0.3 is 4.57 Å². The summed E-state index contributed by atoms with van der Waals surface area (Å²) in [6.45, 7) is 0.875. The van der Waals surface area contributed by atoms with Crippen molar-refractivity contribution in [2.24, 2.45) is 0 Å². The van der Waals surface area contributed by atoms with Crippen molar-refractivity contribution in [2.45, 2.75) is 17.5 Å². The van der Waals surface area contributed by atoms with Gasteiger partial charge in [0, 0.05) is 40.0 Å². The lowest BCUT2D eigenvalue weighted by Gasteiger charge is -2.18. The highest BCUT2D eigenvalue weighted by Crippen LogP contribution is 2.35. The summed E-state index contributed by atoms with van der Waals surface area (Å²) in [5, 5.41) is 1.72. The Morgan fingerprint density at radius 3 is 2.61 bits per heavy atom. The van der Waals surface area contributed by atoms with Crippen LogP contribution in [0.1, 0.15) is 16.4 Å². The van der Waals surface area contributed by atoms with E-state index in [0.717, 1.165) is 22.9 Å². The number of benzene rings is 2. The first-order valence-corrected chi connectivity index (χ1v) is 9.09. The van der Waals surface area contributed by atoms with E-state index in [9.17, 15) is 0 Å². The minimum atomic E-state index is 0.331. The Hall–Kier alpha value is -1.42. The fraction of sp³-hybridized carbons (Fsp3) is 0.167. The van der Waals surface area contributed by atoms with Crippen LogP contribution in [-0.2, 0) is 12.3 Å². The number of thioether (sulfide) groups is 1. The lowest BCUT2D eigenvalue weighted by atomic mass is 10.1. The predicted octanol–water partition coefficient (Wildman–Crippen LogP) is 5.86. The molecule has 1 aromatic heterocycles. The molecule has 0 saturated heterocycles. The maximum atomic E-state index is 6.29. The molecule has 118 valence electrons. The number of hydrogen-bond acceptors (Lipinski definition) is 2. The lowest BCUT2D eigenvalue weighted by molar-refractivity contribution is 0.683. The molecule has 0 saturated carbocycles. The normalized spacial score (nSPS) is 12.3. The van der Waals surface area contributed by atoms with E-state index in [1.165, 1.54) is 5.56 Å². The zero-order chi connectivity index (χ0) is 16.1. The minimum absolute atomic E-state index is 0.331. The molecular formula is C18H16Cl2N2S.